The smallest absolute Gasteiger partial charge is 0.119 e. The van der Waals surface area contributed by atoms with Gasteiger partial charge in [0.25, 0.3) is 0 Å². The van der Waals surface area contributed by atoms with Crippen LogP contribution in [-0.4, -0.2) is 6.61 Å². The van der Waals surface area contributed by atoms with Crippen LogP contribution in [-0.2, 0) is 0 Å². The van der Waals surface area contributed by atoms with Gasteiger partial charge in [-0.3, -0.25) is 0 Å². The van der Waals surface area contributed by atoms with Gasteiger partial charge in [-0.2, -0.15) is 0 Å². The summed E-state index contributed by atoms with van der Waals surface area (Å²) in [6.45, 7) is 5.01. The van der Waals surface area contributed by atoms with E-state index in [0.717, 1.165) is 11.7 Å². The molecule has 2 heteroatoms. The second-order valence-electron chi connectivity index (χ2n) is 6.10. The second-order valence-corrected chi connectivity index (χ2v) is 6.10. The molecule has 0 saturated heterocycles. The first-order chi connectivity index (χ1) is 9.74. The lowest BCUT2D eigenvalue weighted by atomic mass is 9.76. The van der Waals surface area contributed by atoms with Crippen LogP contribution in [0.15, 0.2) is 24.3 Å². The molecule has 0 spiro atoms. The molecule has 1 aromatic carbocycles. The fourth-order valence-electron chi connectivity index (χ4n) is 3.49. The zero-order chi connectivity index (χ0) is 14.4. The topological polar surface area (TPSA) is 35.2 Å². The van der Waals surface area contributed by atoms with Crippen molar-refractivity contribution in [2.24, 2.45) is 17.6 Å². The molecular weight excluding hydrogens is 246 g/mol. The molecule has 0 bridgehead atoms. The van der Waals surface area contributed by atoms with Crippen LogP contribution in [0.25, 0.3) is 0 Å². The first-order valence-corrected chi connectivity index (χ1v) is 8.22. The predicted molar refractivity (Wildman–Crippen MR) is 84.9 cm³/mol. The van der Waals surface area contributed by atoms with Crippen LogP contribution >= 0.6 is 0 Å². The van der Waals surface area contributed by atoms with Crippen molar-refractivity contribution in [3.05, 3.63) is 29.8 Å². The standard InChI is InChI=1S/C18H29NO/c1-3-6-14-9-11-15(12-10-14)18(19)16-7-5-8-17(13-16)20-4-2/h5,7-8,13-15,18H,3-4,6,9-12,19H2,1-2H3. The Balaban J connectivity index is 1.94. The van der Waals surface area contributed by atoms with Gasteiger partial charge in [-0.15, -0.1) is 0 Å². The molecule has 2 N–H and O–H groups in total. The summed E-state index contributed by atoms with van der Waals surface area (Å²) in [4.78, 5) is 0. The van der Waals surface area contributed by atoms with E-state index in [0.29, 0.717) is 12.5 Å². The molecule has 1 atom stereocenters. The SMILES string of the molecule is CCCC1CCC(C(N)c2cccc(OCC)c2)CC1. The maximum Gasteiger partial charge on any atom is 0.119 e. The average molecular weight is 275 g/mol. The van der Waals surface area contributed by atoms with E-state index in [9.17, 15) is 0 Å². The molecule has 1 aliphatic rings. The lowest BCUT2D eigenvalue weighted by Crippen LogP contribution is -2.26. The van der Waals surface area contributed by atoms with Gasteiger partial charge >= 0.3 is 0 Å². The zero-order valence-electron chi connectivity index (χ0n) is 13.0. The van der Waals surface area contributed by atoms with Crippen LogP contribution in [0, 0.1) is 11.8 Å². The molecule has 0 aromatic heterocycles. The highest BCUT2D eigenvalue weighted by Crippen LogP contribution is 2.37. The first kappa shape index (κ1) is 15.4. The van der Waals surface area contributed by atoms with E-state index >= 15 is 0 Å². The van der Waals surface area contributed by atoms with Gasteiger partial charge in [-0.25, -0.2) is 0 Å². The summed E-state index contributed by atoms with van der Waals surface area (Å²) in [5, 5.41) is 0. The summed E-state index contributed by atoms with van der Waals surface area (Å²) in [5.41, 5.74) is 7.73. The van der Waals surface area contributed by atoms with Gasteiger partial charge in [0.2, 0.25) is 0 Å². The number of benzene rings is 1. The molecule has 1 aromatic rings. The maximum atomic E-state index is 6.50. The number of rotatable bonds is 6. The van der Waals surface area contributed by atoms with E-state index in [-0.39, 0.29) is 6.04 Å². The Morgan fingerprint density at radius 2 is 1.95 bits per heavy atom. The number of hydrogen-bond donors (Lipinski definition) is 1. The van der Waals surface area contributed by atoms with Crippen LogP contribution in [0.4, 0.5) is 0 Å². The Morgan fingerprint density at radius 3 is 2.60 bits per heavy atom. The van der Waals surface area contributed by atoms with Crippen molar-refractivity contribution < 1.29 is 4.74 Å². The van der Waals surface area contributed by atoms with E-state index in [1.54, 1.807) is 0 Å². The van der Waals surface area contributed by atoms with Gasteiger partial charge in [0.1, 0.15) is 5.75 Å². The summed E-state index contributed by atoms with van der Waals surface area (Å²) in [6.07, 6.45) is 7.99. The lowest BCUT2D eigenvalue weighted by Gasteiger charge is -2.32. The summed E-state index contributed by atoms with van der Waals surface area (Å²) >= 11 is 0. The summed E-state index contributed by atoms with van der Waals surface area (Å²) in [5.74, 6) is 2.53. The molecule has 0 heterocycles. The van der Waals surface area contributed by atoms with Gasteiger partial charge in [0.15, 0.2) is 0 Å². The van der Waals surface area contributed by atoms with Crippen LogP contribution in [0.1, 0.15) is 64.0 Å². The van der Waals surface area contributed by atoms with E-state index in [1.807, 2.05) is 13.0 Å². The van der Waals surface area contributed by atoms with E-state index in [1.165, 1.54) is 44.1 Å². The van der Waals surface area contributed by atoms with Crippen molar-refractivity contribution in [3.8, 4) is 5.75 Å². The largest absolute Gasteiger partial charge is 0.494 e. The maximum absolute atomic E-state index is 6.50. The highest BCUT2D eigenvalue weighted by Gasteiger charge is 2.26. The van der Waals surface area contributed by atoms with E-state index in [4.69, 9.17) is 10.5 Å². The zero-order valence-corrected chi connectivity index (χ0v) is 13.0. The van der Waals surface area contributed by atoms with Crippen LogP contribution in [0.5, 0.6) is 5.75 Å². The Labute approximate surface area is 123 Å². The molecule has 0 amide bonds. The number of ether oxygens (including phenoxy) is 1. The van der Waals surface area contributed by atoms with E-state index < -0.39 is 0 Å². The quantitative estimate of drug-likeness (QED) is 0.817. The molecule has 1 fully saturated rings. The van der Waals surface area contributed by atoms with Gasteiger partial charge in [-0.05, 0) is 49.3 Å². The molecule has 2 nitrogen and oxygen atoms in total. The average Bonchev–Trinajstić information content (AvgIpc) is 2.48. The van der Waals surface area contributed by atoms with Crippen molar-refractivity contribution >= 4 is 0 Å². The summed E-state index contributed by atoms with van der Waals surface area (Å²) < 4.78 is 5.58. The van der Waals surface area contributed by atoms with Crippen molar-refractivity contribution in [1.29, 1.82) is 0 Å². The van der Waals surface area contributed by atoms with Crippen LogP contribution in [0.3, 0.4) is 0 Å². The predicted octanol–water partition coefficient (Wildman–Crippen LogP) is 4.69. The van der Waals surface area contributed by atoms with E-state index in [2.05, 4.69) is 25.1 Å². The highest BCUT2D eigenvalue weighted by atomic mass is 16.5. The van der Waals surface area contributed by atoms with Crippen molar-refractivity contribution in [3.63, 3.8) is 0 Å². The van der Waals surface area contributed by atoms with Gasteiger partial charge in [-0.1, -0.05) is 44.7 Å². The minimum absolute atomic E-state index is 0.165. The van der Waals surface area contributed by atoms with Crippen LogP contribution < -0.4 is 10.5 Å². The third-order valence-electron chi connectivity index (χ3n) is 4.65. The third kappa shape index (κ3) is 3.99. The Hall–Kier alpha value is -1.02. The number of hydrogen-bond acceptors (Lipinski definition) is 2. The van der Waals surface area contributed by atoms with Crippen molar-refractivity contribution in [2.75, 3.05) is 6.61 Å². The molecule has 112 valence electrons. The van der Waals surface area contributed by atoms with Gasteiger partial charge in [0, 0.05) is 6.04 Å². The highest BCUT2D eigenvalue weighted by molar-refractivity contribution is 5.30. The normalized spacial score (nSPS) is 24.4. The minimum atomic E-state index is 0.165. The molecule has 0 radical (unpaired) electrons. The van der Waals surface area contributed by atoms with Gasteiger partial charge in [0.05, 0.1) is 6.61 Å². The Morgan fingerprint density at radius 1 is 1.20 bits per heavy atom. The molecular formula is C18H29NO. The molecule has 20 heavy (non-hydrogen) atoms. The molecule has 1 aliphatic carbocycles. The fraction of sp³-hybridized carbons (Fsp3) is 0.667. The molecule has 2 rings (SSSR count). The van der Waals surface area contributed by atoms with Crippen molar-refractivity contribution in [2.45, 2.75) is 58.4 Å². The van der Waals surface area contributed by atoms with Crippen molar-refractivity contribution in [1.82, 2.24) is 0 Å². The Kier molecular flexibility index (Phi) is 5.90. The molecule has 0 aliphatic heterocycles. The monoisotopic (exact) mass is 275 g/mol. The first-order valence-electron chi connectivity index (χ1n) is 8.22. The Bertz CT molecular complexity index is 396. The second kappa shape index (κ2) is 7.68. The number of nitrogens with two attached hydrogens (primary N) is 1. The fourth-order valence-corrected chi connectivity index (χ4v) is 3.49. The lowest BCUT2D eigenvalue weighted by molar-refractivity contribution is 0.234. The van der Waals surface area contributed by atoms with Gasteiger partial charge < -0.3 is 10.5 Å². The molecule has 1 saturated carbocycles. The molecule has 1 unspecified atom stereocenters. The third-order valence-corrected chi connectivity index (χ3v) is 4.65. The van der Waals surface area contributed by atoms with Crippen LogP contribution in [0.2, 0.25) is 0 Å². The summed E-state index contributed by atoms with van der Waals surface area (Å²) in [6, 6.07) is 8.50. The summed E-state index contributed by atoms with van der Waals surface area (Å²) in [7, 11) is 0. The minimum Gasteiger partial charge on any atom is -0.494 e.